The summed E-state index contributed by atoms with van der Waals surface area (Å²) in [5, 5.41) is 9.37. The largest absolute Gasteiger partial charge is 0.496 e. The first-order chi connectivity index (χ1) is 8.17. The number of carboxylic acids is 1. The maximum Gasteiger partial charge on any atom is 0.314 e. The number of rotatable bonds is 4. The molecule has 17 heavy (non-hydrogen) atoms. The number of hydrogen-bond acceptors (Lipinski definition) is 2. The Balaban J connectivity index is 2.06. The monoisotopic (exact) mass is 232 g/mol. The molecular formula is C14H16O3. The molecule has 0 aromatic heterocycles. The lowest BCUT2D eigenvalue weighted by atomic mass is 9.92. The van der Waals surface area contributed by atoms with Crippen molar-refractivity contribution in [3.63, 3.8) is 0 Å². The second kappa shape index (κ2) is 3.49. The lowest BCUT2D eigenvalue weighted by Crippen LogP contribution is -2.20. The first kappa shape index (κ1) is 10.6. The Labute approximate surface area is 100 Å². The molecule has 0 bridgehead atoms. The highest BCUT2D eigenvalue weighted by Gasteiger charge is 2.53. The molecule has 0 amide bonds. The van der Waals surface area contributed by atoms with Crippen LogP contribution >= 0.6 is 0 Å². The molecule has 0 aliphatic heterocycles. The molecule has 1 N–H and O–H groups in total. The number of benzene rings is 1. The normalized spacial score (nSPS) is 21.0. The summed E-state index contributed by atoms with van der Waals surface area (Å²) in [6.45, 7) is 0. The molecule has 2 aliphatic carbocycles. The highest BCUT2D eigenvalue weighted by molar-refractivity contribution is 5.86. The van der Waals surface area contributed by atoms with Gasteiger partial charge in [0.15, 0.2) is 0 Å². The van der Waals surface area contributed by atoms with Crippen LogP contribution in [-0.4, -0.2) is 18.2 Å². The van der Waals surface area contributed by atoms with E-state index < -0.39 is 11.4 Å². The van der Waals surface area contributed by atoms with Crippen molar-refractivity contribution in [1.29, 1.82) is 0 Å². The van der Waals surface area contributed by atoms with Crippen LogP contribution in [0.25, 0.3) is 0 Å². The summed E-state index contributed by atoms with van der Waals surface area (Å²) in [6.07, 6.45) is 3.91. The van der Waals surface area contributed by atoms with Crippen LogP contribution in [0, 0.1) is 0 Å². The van der Waals surface area contributed by atoms with Gasteiger partial charge in [0.1, 0.15) is 5.75 Å². The zero-order valence-corrected chi connectivity index (χ0v) is 9.90. The van der Waals surface area contributed by atoms with Gasteiger partial charge in [0.2, 0.25) is 0 Å². The molecule has 0 radical (unpaired) electrons. The fourth-order valence-electron chi connectivity index (χ4n) is 2.49. The van der Waals surface area contributed by atoms with Gasteiger partial charge in [-0.05, 0) is 43.2 Å². The molecule has 2 fully saturated rings. The van der Waals surface area contributed by atoms with Crippen molar-refractivity contribution < 1.29 is 14.6 Å². The van der Waals surface area contributed by atoms with Crippen molar-refractivity contribution in [2.75, 3.05) is 7.11 Å². The minimum Gasteiger partial charge on any atom is -0.496 e. The Hall–Kier alpha value is -1.51. The van der Waals surface area contributed by atoms with E-state index in [-0.39, 0.29) is 0 Å². The van der Waals surface area contributed by atoms with E-state index in [0.717, 1.165) is 18.4 Å². The Kier molecular flexibility index (Phi) is 2.18. The highest BCUT2D eigenvalue weighted by atomic mass is 16.5. The predicted molar refractivity (Wildman–Crippen MR) is 63.5 cm³/mol. The molecular weight excluding hydrogens is 216 g/mol. The number of aliphatic carboxylic acids is 1. The van der Waals surface area contributed by atoms with Crippen molar-refractivity contribution >= 4 is 5.97 Å². The molecule has 3 rings (SSSR count). The molecule has 0 heterocycles. The molecule has 0 saturated heterocycles. The van der Waals surface area contributed by atoms with Gasteiger partial charge in [-0.25, -0.2) is 0 Å². The Morgan fingerprint density at radius 1 is 1.41 bits per heavy atom. The summed E-state index contributed by atoms with van der Waals surface area (Å²) in [4.78, 5) is 11.4. The van der Waals surface area contributed by atoms with Crippen molar-refractivity contribution in [3.05, 3.63) is 29.3 Å². The third-order valence-electron chi connectivity index (χ3n) is 3.95. The topological polar surface area (TPSA) is 46.5 Å². The lowest BCUT2D eigenvalue weighted by Gasteiger charge is -2.16. The van der Waals surface area contributed by atoms with E-state index in [9.17, 15) is 9.90 Å². The molecule has 0 atom stereocenters. The third-order valence-corrected chi connectivity index (χ3v) is 3.95. The van der Waals surface area contributed by atoms with E-state index in [0.29, 0.717) is 11.7 Å². The van der Waals surface area contributed by atoms with Gasteiger partial charge in [-0.1, -0.05) is 12.1 Å². The summed E-state index contributed by atoms with van der Waals surface area (Å²) in [5.74, 6) is 0.641. The molecule has 3 heteroatoms. The van der Waals surface area contributed by atoms with E-state index in [2.05, 4.69) is 12.1 Å². The van der Waals surface area contributed by atoms with E-state index >= 15 is 0 Å². The molecule has 2 saturated carbocycles. The van der Waals surface area contributed by atoms with Crippen LogP contribution in [-0.2, 0) is 10.2 Å². The van der Waals surface area contributed by atoms with Crippen LogP contribution in [0.1, 0.15) is 42.7 Å². The van der Waals surface area contributed by atoms with Crippen LogP contribution in [0.3, 0.4) is 0 Å². The van der Waals surface area contributed by atoms with Crippen LogP contribution in [0.2, 0.25) is 0 Å². The van der Waals surface area contributed by atoms with Gasteiger partial charge in [0, 0.05) is 5.56 Å². The van der Waals surface area contributed by atoms with Gasteiger partial charge in [-0.2, -0.15) is 0 Å². The zero-order chi connectivity index (χ0) is 12.0. The average molecular weight is 232 g/mol. The van der Waals surface area contributed by atoms with Gasteiger partial charge in [0.25, 0.3) is 0 Å². The summed E-state index contributed by atoms with van der Waals surface area (Å²) in [6, 6.07) is 6.04. The third kappa shape index (κ3) is 1.61. The van der Waals surface area contributed by atoms with Crippen LogP contribution < -0.4 is 4.74 Å². The summed E-state index contributed by atoms with van der Waals surface area (Å²) < 4.78 is 5.31. The van der Waals surface area contributed by atoms with Gasteiger partial charge in [0.05, 0.1) is 12.5 Å². The first-order valence-electron chi connectivity index (χ1n) is 6.09. The standard InChI is InChI=1S/C14H16O3/c1-17-12-5-4-10(9-2-3-9)8-11(12)14(6-7-14)13(15)16/h4-5,8-9H,2-3,6-7H2,1H3,(H,15,16). The van der Waals surface area contributed by atoms with Gasteiger partial charge in [-0.15, -0.1) is 0 Å². The summed E-state index contributed by atoms with van der Waals surface area (Å²) in [7, 11) is 1.60. The number of hydrogen-bond donors (Lipinski definition) is 1. The number of methoxy groups -OCH3 is 1. The predicted octanol–water partition coefficient (Wildman–Crippen LogP) is 2.69. The van der Waals surface area contributed by atoms with Crippen molar-refractivity contribution in [3.8, 4) is 5.75 Å². The Morgan fingerprint density at radius 2 is 2.12 bits per heavy atom. The molecule has 2 aliphatic rings. The molecule has 1 aromatic carbocycles. The van der Waals surface area contributed by atoms with E-state index in [1.165, 1.54) is 18.4 Å². The van der Waals surface area contributed by atoms with Gasteiger partial charge >= 0.3 is 5.97 Å². The minimum absolute atomic E-state index is 0.643. The van der Waals surface area contributed by atoms with Crippen molar-refractivity contribution in [1.82, 2.24) is 0 Å². The molecule has 0 unspecified atom stereocenters. The number of carboxylic acid groups (broad SMARTS) is 1. The Bertz CT molecular complexity index is 470. The lowest BCUT2D eigenvalue weighted by molar-refractivity contribution is -0.140. The quantitative estimate of drug-likeness (QED) is 0.868. The maximum absolute atomic E-state index is 11.4. The SMILES string of the molecule is COc1ccc(C2CC2)cc1C1(C(=O)O)CC1. The van der Waals surface area contributed by atoms with E-state index in [4.69, 9.17) is 4.74 Å². The fourth-order valence-corrected chi connectivity index (χ4v) is 2.49. The summed E-state index contributed by atoms with van der Waals surface area (Å²) >= 11 is 0. The fraction of sp³-hybridized carbons (Fsp3) is 0.500. The van der Waals surface area contributed by atoms with Crippen LogP contribution in [0.15, 0.2) is 18.2 Å². The summed E-state index contributed by atoms with van der Waals surface area (Å²) in [5.41, 5.74) is 1.47. The number of ether oxygens (including phenoxy) is 1. The molecule has 1 aromatic rings. The van der Waals surface area contributed by atoms with Crippen molar-refractivity contribution in [2.24, 2.45) is 0 Å². The Morgan fingerprint density at radius 3 is 2.59 bits per heavy atom. The molecule has 3 nitrogen and oxygen atoms in total. The van der Waals surface area contributed by atoms with Gasteiger partial charge in [-0.3, -0.25) is 4.79 Å². The van der Waals surface area contributed by atoms with Crippen LogP contribution in [0.5, 0.6) is 5.75 Å². The number of carbonyl (C=O) groups is 1. The smallest absolute Gasteiger partial charge is 0.314 e. The second-order valence-corrected chi connectivity index (χ2v) is 5.12. The minimum atomic E-state index is -0.719. The van der Waals surface area contributed by atoms with Crippen LogP contribution in [0.4, 0.5) is 0 Å². The average Bonchev–Trinajstić information content (AvgIpc) is 3.18. The van der Waals surface area contributed by atoms with Crippen molar-refractivity contribution in [2.45, 2.75) is 37.0 Å². The molecule has 0 spiro atoms. The van der Waals surface area contributed by atoms with Gasteiger partial charge < -0.3 is 9.84 Å². The van der Waals surface area contributed by atoms with E-state index in [1.807, 2.05) is 6.07 Å². The molecule has 90 valence electrons. The maximum atomic E-state index is 11.4. The zero-order valence-electron chi connectivity index (χ0n) is 9.90. The van der Waals surface area contributed by atoms with E-state index in [1.54, 1.807) is 7.11 Å². The first-order valence-corrected chi connectivity index (χ1v) is 6.09. The highest BCUT2D eigenvalue weighted by Crippen LogP contribution is 2.53. The second-order valence-electron chi connectivity index (χ2n) is 5.12.